The molecule has 92 valence electrons. The van der Waals surface area contributed by atoms with Crippen LogP contribution >= 0.6 is 0 Å². The Hall–Kier alpha value is -1.52. The van der Waals surface area contributed by atoms with E-state index in [-0.39, 0.29) is 12.0 Å². The number of rotatable bonds is 3. The third kappa shape index (κ3) is 1.79. The molecule has 5 nitrogen and oxygen atoms in total. The standard InChI is InChI=1S/C12H16N2O3/c1-7-6-10(13-17-7)14-5-4-9(12(15)16)11(14)8-2-3-8/h6,8-9,11H,2-5H2,1H3,(H,15,16)/t9-,11+/m0/s1. The van der Waals surface area contributed by atoms with Crippen molar-refractivity contribution in [1.82, 2.24) is 5.16 Å². The zero-order chi connectivity index (χ0) is 12.0. The van der Waals surface area contributed by atoms with Crippen LogP contribution in [0.4, 0.5) is 5.82 Å². The maximum absolute atomic E-state index is 11.3. The second-order valence-corrected chi connectivity index (χ2v) is 5.05. The second kappa shape index (κ2) is 3.75. The minimum Gasteiger partial charge on any atom is -0.481 e. The first-order chi connectivity index (χ1) is 8.16. The van der Waals surface area contributed by atoms with Crippen molar-refractivity contribution in [2.24, 2.45) is 11.8 Å². The Bertz CT molecular complexity index is 439. The molecule has 1 N–H and O–H groups in total. The molecule has 0 bridgehead atoms. The molecule has 0 radical (unpaired) electrons. The van der Waals surface area contributed by atoms with Gasteiger partial charge in [0.25, 0.3) is 0 Å². The quantitative estimate of drug-likeness (QED) is 0.864. The van der Waals surface area contributed by atoms with Crippen molar-refractivity contribution in [3.63, 3.8) is 0 Å². The molecule has 3 rings (SSSR count). The first-order valence-corrected chi connectivity index (χ1v) is 6.09. The Morgan fingerprint density at radius 2 is 2.29 bits per heavy atom. The average molecular weight is 236 g/mol. The van der Waals surface area contributed by atoms with E-state index in [4.69, 9.17) is 4.52 Å². The fraction of sp³-hybridized carbons (Fsp3) is 0.667. The fourth-order valence-electron chi connectivity index (χ4n) is 2.86. The molecule has 0 unspecified atom stereocenters. The van der Waals surface area contributed by atoms with Crippen LogP contribution in [-0.4, -0.2) is 28.8 Å². The number of carboxylic acids is 1. The lowest BCUT2D eigenvalue weighted by molar-refractivity contribution is -0.142. The number of nitrogens with zero attached hydrogens (tertiary/aromatic N) is 2. The minimum atomic E-state index is -0.676. The molecule has 2 heterocycles. The zero-order valence-corrected chi connectivity index (χ0v) is 9.80. The van der Waals surface area contributed by atoms with E-state index in [2.05, 4.69) is 10.1 Å². The van der Waals surface area contributed by atoms with Gasteiger partial charge in [-0.3, -0.25) is 4.79 Å². The number of aromatic nitrogens is 1. The summed E-state index contributed by atoms with van der Waals surface area (Å²) < 4.78 is 5.08. The summed E-state index contributed by atoms with van der Waals surface area (Å²) in [7, 11) is 0. The number of aliphatic carboxylic acids is 1. The van der Waals surface area contributed by atoms with Gasteiger partial charge in [0.05, 0.1) is 5.92 Å². The van der Waals surface area contributed by atoms with E-state index in [1.807, 2.05) is 13.0 Å². The number of hydrogen-bond acceptors (Lipinski definition) is 4. The normalized spacial score (nSPS) is 28.6. The summed E-state index contributed by atoms with van der Waals surface area (Å²) in [6.07, 6.45) is 2.99. The third-order valence-electron chi connectivity index (χ3n) is 3.79. The fourth-order valence-corrected chi connectivity index (χ4v) is 2.86. The zero-order valence-electron chi connectivity index (χ0n) is 9.80. The summed E-state index contributed by atoms with van der Waals surface area (Å²) in [5.74, 6) is 1.16. The molecule has 17 heavy (non-hydrogen) atoms. The van der Waals surface area contributed by atoms with Crippen LogP contribution in [0.3, 0.4) is 0 Å². The Balaban J connectivity index is 1.87. The van der Waals surface area contributed by atoms with Gasteiger partial charge < -0.3 is 14.5 Å². The van der Waals surface area contributed by atoms with E-state index in [9.17, 15) is 9.90 Å². The van der Waals surface area contributed by atoms with Crippen molar-refractivity contribution >= 4 is 11.8 Å². The first kappa shape index (κ1) is 10.6. The molecule has 2 aliphatic rings. The van der Waals surface area contributed by atoms with E-state index >= 15 is 0 Å². The maximum atomic E-state index is 11.3. The summed E-state index contributed by atoms with van der Waals surface area (Å²) in [4.78, 5) is 13.4. The van der Waals surface area contributed by atoms with E-state index in [1.54, 1.807) is 0 Å². The molecule has 1 aliphatic carbocycles. The maximum Gasteiger partial charge on any atom is 0.308 e. The Morgan fingerprint density at radius 1 is 1.53 bits per heavy atom. The molecule has 1 aromatic rings. The second-order valence-electron chi connectivity index (χ2n) is 5.05. The largest absolute Gasteiger partial charge is 0.481 e. The lowest BCUT2D eigenvalue weighted by atomic mass is 9.96. The van der Waals surface area contributed by atoms with Gasteiger partial charge in [-0.05, 0) is 32.1 Å². The molecule has 0 amide bonds. The summed E-state index contributed by atoms with van der Waals surface area (Å²) >= 11 is 0. The van der Waals surface area contributed by atoms with Crippen LogP contribution in [0.5, 0.6) is 0 Å². The topological polar surface area (TPSA) is 66.6 Å². The van der Waals surface area contributed by atoms with Gasteiger partial charge in [0.15, 0.2) is 5.82 Å². The van der Waals surface area contributed by atoms with Crippen LogP contribution in [-0.2, 0) is 4.79 Å². The van der Waals surface area contributed by atoms with Gasteiger partial charge in [-0.1, -0.05) is 5.16 Å². The van der Waals surface area contributed by atoms with Crippen LogP contribution in [0.1, 0.15) is 25.0 Å². The van der Waals surface area contributed by atoms with E-state index in [0.717, 1.165) is 31.0 Å². The van der Waals surface area contributed by atoms with Crippen LogP contribution < -0.4 is 4.90 Å². The number of anilines is 1. The highest BCUT2D eigenvalue weighted by Gasteiger charge is 2.47. The highest BCUT2D eigenvalue weighted by atomic mass is 16.5. The van der Waals surface area contributed by atoms with Crippen molar-refractivity contribution in [1.29, 1.82) is 0 Å². The summed E-state index contributed by atoms with van der Waals surface area (Å²) in [6.45, 7) is 2.62. The molecular formula is C12H16N2O3. The van der Waals surface area contributed by atoms with E-state index < -0.39 is 5.97 Å². The predicted octanol–water partition coefficient (Wildman–Crippen LogP) is 1.67. The Morgan fingerprint density at radius 3 is 2.82 bits per heavy atom. The highest BCUT2D eigenvalue weighted by Crippen LogP contribution is 2.44. The number of carbonyl (C=O) groups is 1. The molecule has 2 fully saturated rings. The van der Waals surface area contributed by atoms with Gasteiger partial charge >= 0.3 is 5.97 Å². The summed E-state index contributed by atoms with van der Waals surface area (Å²) in [5.41, 5.74) is 0. The summed E-state index contributed by atoms with van der Waals surface area (Å²) in [6, 6.07) is 2.00. The molecule has 1 aliphatic heterocycles. The van der Waals surface area contributed by atoms with Crippen molar-refractivity contribution in [3.05, 3.63) is 11.8 Å². The van der Waals surface area contributed by atoms with Crippen LogP contribution in [0.25, 0.3) is 0 Å². The van der Waals surface area contributed by atoms with Gasteiger partial charge in [-0.15, -0.1) is 0 Å². The molecule has 2 atom stereocenters. The molecular weight excluding hydrogens is 220 g/mol. The van der Waals surface area contributed by atoms with Gasteiger partial charge in [0.1, 0.15) is 5.76 Å². The molecule has 5 heteroatoms. The third-order valence-corrected chi connectivity index (χ3v) is 3.79. The molecule has 1 saturated heterocycles. The van der Waals surface area contributed by atoms with E-state index in [0.29, 0.717) is 12.3 Å². The molecule has 0 spiro atoms. The smallest absolute Gasteiger partial charge is 0.308 e. The van der Waals surface area contributed by atoms with Crippen LogP contribution in [0.15, 0.2) is 10.6 Å². The van der Waals surface area contributed by atoms with Crippen molar-refractivity contribution in [2.75, 3.05) is 11.4 Å². The van der Waals surface area contributed by atoms with Crippen molar-refractivity contribution in [2.45, 2.75) is 32.2 Å². The van der Waals surface area contributed by atoms with Crippen LogP contribution in [0, 0.1) is 18.8 Å². The lowest BCUT2D eigenvalue weighted by Crippen LogP contribution is -2.37. The minimum absolute atomic E-state index is 0.108. The lowest BCUT2D eigenvalue weighted by Gasteiger charge is -2.26. The first-order valence-electron chi connectivity index (χ1n) is 6.09. The average Bonchev–Trinajstić information content (AvgIpc) is 2.87. The number of carboxylic acid groups (broad SMARTS) is 1. The monoisotopic (exact) mass is 236 g/mol. The van der Waals surface area contributed by atoms with Gasteiger partial charge in [-0.2, -0.15) is 0 Å². The van der Waals surface area contributed by atoms with Gasteiger partial charge in [0, 0.05) is 18.7 Å². The molecule has 1 aromatic heterocycles. The van der Waals surface area contributed by atoms with Crippen molar-refractivity contribution < 1.29 is 14.4 Å². The van der Waals surface area contributed by atoms with Gasteiger partial charge in [-0.25, -0.2) is 0 Å². The Labute approximate surface area is 99.4 Å². The van der Waals surface area contributed by atoms with Crippen LogP contribution in [0.2, 0.25) is 0 Å². The Kier molecular flexibility index (Phi) is 2.34. The molecule has 0 aromatic carbocycles. The predicted molar refractivity (Wildman–Crippen MR) is 60.8 cm³/mol. The number of hydrogen-bond donors (Lipinski definition) is 1. The SMILES string of the molecule is Cc1cc(N2CC[C@H](C(=O)O)[C@H]2C2CC2)no1. The number of aryl methyl sites for hydroxylation is 1. The molecule has 1 saturated carbocycles. The highest BCUT2D eigenvalue weighted by molar-refractivity contribution is 5.73. The summed E-state index contributed by atoms with van der Waals surface area (Å²) in [5, 5.41) is 13.3. The van der Waals surface area contributed by atoms with E-state index in [1.165, 1.54) is 0 Å². The van der Waals surface area contributed by atoms with Gasteiger partial charge in [0.2, 0.25) is 0 Å². The van der Waals surface area contributed by atoms with Crippen molar-refractivity contribution in [3.8, 4) is 0 Å².